The highest BCUT2D eigenvalue weighted by Gasteiger charge is 2.45. The van der Waals surface area contributed by atoms with Crippen LogP contribution in [0.1, 0.15) is 50.8 Å². The van der Waals surface area contributed by atoms with Gasteiger partial charge in [-0.25, -0.2) is 12.8 Å². The quantitative estimate of drug-likeness (QED) is 0.433. The highest BCUT2D eigenvalue weighted by Crippen LogP contribution is 2.44. The maximum absolute atomic E-state index is 14.5. The molecule has 1 aliphatic carbocycles. The van der Waals surface area contributed by atoms with Crippen molar-refractivity contribution in [3.05, 3.63) is 52.6 Å². The Hall–Kier alpha value is -3.88. The monoisotopic (exact) mass is 639 g/mol. The lowest BCUT2D eigenvalue weighted by Gasteiger charge is -2.45. The molecule has 0 bridgehead atoms. The van der Waals surface area contributed by atoms with Crippen molar-refractivity contribution in [3.63, 3.8) is 0 Å². The largest absolute Gasteiger partial charge is 0.385 e. The fraction of sp³-hybridized carbons (Fsp3) is 0.484. The number of fused-ring (bicyclic) bond motifs is 2. The lowest BCUT2D eigenvalue weighted by Crippen LogP contribution is -2.55. The average Bonchev–Trinajstić information content (AvgIpc) is 3.41. The second-order valence-electron chi connectivity index (χ2n) is 12.6. The number of rotatable bonds is 6. The number of carbonyl (C=O) groups excluding carboxylic acids is 4. The van der Waals surface area contributed by atoms with Crippen molar-refractivity contribution in [2.75, 3.05) is 61.9 Å². The van der Waals surface area contributed by atoms with Gasteiger partial charge in [-0.05, 0) is 42.3 Å². The molecule has 14 heteroatoms. The Bertz CT molecular complexity index is 1740. The summed E-state index contributed by atoms with van der Waals surface area (Å²) >= 11 is 0. The van der Waals surface area contributed by atoms with Crippen molar-refractivity contribution in [1.82, 2.24) is 15.1 Å². The lowest BCUT2D eigenvalue weighted by atomic mass is 9.95. The van der Waals surface area contributed by atoms with Gasteiger partial charge in [0.25, 0.3) is 11.8 Å². The number of nitrogens with one attached hydrogen (secondary N) is 1. The van der Waals surface area contributed by atoms with E-state index in [2.05, 4.69) is 20.0 Å². The second-order valence-corrected chi connectivity index (χ2v) is 14.6. The minimum Gasteiger partial charge on any atom is -0.385 e. The predicted molar refractivity (Wildman–Crippen MR) is 161 cm³/mol. The molecule has 12 nitrogen and oxygen atoms in total. The number of alkyl halides is 1. The van der Waals surface area contributed by atoms with E-state index in [9.17, 15) is 37.1 Å². The summed E-state index contributed by atoms with van der Waals surface area (Å²) < 4.78 is 39.0. The summed E-state index contributed by atoms with van der Waals surface area (Å²) in [6, 6.07) is 7.39. The zero-order chi connectivity index (χ0) is 31.8. The van der Waals surface area contributed by atoms with E-state index in [0.29, 0.717) is 11.5 Å². The number of piperidine rings is 1. The molecule has 3 saturated heterocycles. The summed E-state index contributed by atoms with van der Waals surface area (Å²) in [6.07, 6.45) is -1.71. The van der Waals surface area contributed by atoms with Crippen molar-refractivity contribution in [1.29, 1.82) is 0 Å². The molecule has 0 spiro atoms. The first-order valence-corrected chi connectivity index (χ1v) is 17.1. The fourth-order valence-corrected chi connectivity index (χ4v) is 8.33. The van der Waals surface area contributed by atoms with Gasteiger partial charge in [0.2, 0.25) is 11.8 Å². The smallest absolute Gasteiger partial charge is 0.262 e. The van der Waals surface area contributed by atoms with Crippen molar-refractivity contribution in [3.8, 4) is 0 Å². The Morgan fingerprint density at radius 1 is 0.956 bits per heavy atom. The highest BCUT2D eigenvalue weighted by molar-refractivity contribution is 7.90. The molecule has 2 aromatic rings. The number of nitrogens with zero attached hydrogens (tertiary/aromatic N) is 4. The third kappa shape index (κ3) is 5.08. The van der Waals surface area contributed by atoms with Crippen LogP contribution in [0.25, 0.3) is 0 Å². The number of carbonyl (C=O) groups is 4. The number of hydrogen-bond acceptors (Lipinski definition) is 10. The van der Waals surface area contributed by atoms with E-state index in [1.165, 1.54) is 6.07 Å². The number of imide groups is 2. The first-order chi connectivity index (χ1) is 21.4. The topological polar surface area (TPSA) is 148 Å². The molecule has 3 atom stereocenters. The van der Waals surface area contributed by atoms with E-state index in [0.717, 1.165) is 68.3 Å². The van der Waals surface area contributed by atoms with Gasteiger partial charge in [-0.3, -0.25) is 34.3 Å². The fourth-order valence-electron chi connectivity index (χ4n) is 7.37. The summed E-state index contributed by atoms with van der Waals surface area (Å²) in [5.74, 6) is -1.70. The summed E-state index contributed by atoms with van der Waals surface area (Å²) in [5, 5.41) is 12.6. The molecule has 0 saturated carbocycles. The molecule has 3 fully saturated rings. The van der Waals surface area contributed by atoms with Crippen LogP contribution in [0.15, 0.2) is 35.2 Å². The number of piperazine rings is 1. The van der Waals surface area contributed by atoms with E-state index < -0.39 is 51.8 Å². The van der Waals surface area contributed by atoms with Crippen molar-refractivity contribution in [2.45, 2.75) is 42.5 Å². The Morgan fingerprint density at radius 2 is 1.67 bits per heavy atom. The molecule has 2 N–H and O–H groups in total. The van der Waals surface area contributed by atoms with Gasteiger partial charge in [0.15, 0.2) is 9.84 Å². The van der Waals surface area contributed by atoms with E-state index in [1.54, 1.807) is 18.2 Å². The van der Waals surface area contributed by atoms with Gasteiger partial charge in [-0.2, -0.15) is 0 Å². The van der Waals surface area contributed by atoms with E-state index in [-0.39, 0.29) is 40.8 Å². The van der Waals surface area contributed by atoms with Gasteiger partial charge in [0.05, 0.1) is 16.0 Å². The number of aliphatic hydroxyl groups excluding tert-OH is 1. The molecule has 2 aromatic carbocycles. The van der Waals surface area contributed by atoms with E-state index in [4.69, 9.17) is 0 Å². The Balaban J connectivity index is 0.953. The Labute approximate surface area is 259 Å². The van der Waals surface area contributed by atoms with Crippen LogP contribution in [-0.2, 0) is 25.8 Å². The molecule has 5 aliphatic rings. The molecule has 4 amide bonds. The van der Waals surface area contributed by atoms with E-state index in [1.807, 2.05) is 6.07 Å². The summed E-state index contributed by atoms with van der Waals surface area (Å²) in [7, 11) is -3.60. The predicted octanol–water partition coefficient (Wildman–Crippen LogP) is 0.677. The normalized spacial score (nSPS) is 25.8. The molecule has 4 heterocycles. The molecule has 4 aliphatic heterocycles. The zero-order valence-electron chi connectivity index (χ0n) is 24.7. The molecule has 238 valence electrons. The van der Waals surface area contributed by atoms with Gasteiger partial charge >= 0.3 is 0 Å². The number of benzene rings is 2. The zero-order valence-corrected chi connectivity index (χ0v) is 25.6. The van der Waals surface area contributed by atoms with Crippen LogP contribution in [0.2, 0.25) is 0 Å². The summed E-state index contributed by atoms with van der Waals surface area (Å²) in [4.78, 5) is 57.8. The van der Waals surface area contributed by atoms with Crippen LogP contribution in [0.3, 0.4) is 0 Å². The summed E-state index contributed by atoms with van der Waals surface area (Å²) in [6.45, 7) is 5.44. The summed E-state index contributed by atoms with van der Waals surface area (Å²) in [5.41, 5.74) is 2.92. The van der Waals surface area contributed by atoms with Gasteiger partial charge in [0, 0.05) is 87.8 Å². The molecule has 2 unspecified atom stereocenters. The standard InChI is InChI=1S/C31H34FN5O7S/c1-45(43,44)25-6-4-23(21-13-22(32)28(39)27(21)25)36-15-17(16-36)14-34-8-10-35(11-9-34)18-2-3-19-20(12-18)31(42)37(30(19)41)24-5-7-26(38)33-29(24)40/h2-4,6,12,17,22,24,28,39H,5,7-11,13-16H2,1H3,(H,33,38,40)/t22?,24?,28-/m1/s1. The third-order valence-corrected chi connectivity index (χ3v) is 10.9. The maximum atomic E-state index is 14.5. The van der Waals surface area contributed by atoms with Gasteiger partial charge in [-0.15, -0.1) is 0 Å². The Kier molecular flexibility index (Phi) is 7.21. The highest BCUT2D eigenvalue weighted by atomic mass is 32.2. The average molecular weight is 640 g/mol. The van der Waals surface area contributed by atoms with Crippen LogP contribution in [-0.4, -0.2) is 111 Å². The van der Waals surface area contributed by atoms with Crippen LogP contribution in [0.4, 0.5) is 15.8 Å². The number of anilines is 2. The number of aliphatic hydroxyl groups is 1. The third-order valence-electron chi connectivity index (χ3n) is 9.70. The van der Waals surface area contributed by atoms with Crippen molar-refractivity contribution in [2.24, 2.45) is 5.92 Å². The van der Waals surface area contributed by atoms with Crippen LogP contribution in [0, 0.1) is 5.92 Å². The molecular formula is C31H34FN5O7S. The van der Waals surface area contributed by atoms with Crippen LogP contribution < -0.4 is 15.1 Å². The van der Waals surface area contributed by atoms with Crippen LogP contribution in [0.5, 0.6) is 0 Å². The minimum absolute atomic E-state index is 0.00424. The van der Waals surface area contributed by atoms with Gasteiger partial charge in [0.1, 0.15) is 18.3 Å². The molecule has 7 rings (SSSR count). The first-order valence-electron chi connectivity index (χ1n) is 15.2. The van der Waals surface area contributed by atoms with Crippen LogP contribution >= 0.6 is 0 Å². The van der Waals surface area contributed by atoms with Crippen molar-refractivity contribution < 1.29 is 37.1 Å². The number of sulfone groups is 1. The first kappa shape index (κ1) is 29.8. The van der Waals surface area contributed by atoms with Gasteiger partial charge < -0.3 is 14.9 Å². The molecule has 0 radical (unpaired) electrons. The lowest BCUT2D eigenvalue weighted by molar-refractivity contribution is -0.136. The maximum Gasteiger partial charge on any atom is 0.262 e. The Morgan fingerprint density at radius 3 is 2.36 bits per heavy atom. The second kappa shape index (κ2) is 10.9. The molecule has 0 aromatic heterocycles. The van der Waals surface area contributed by atoms with Gasteiger partial charge in [-0.1, -0.05) is 0 Å². The number of hydrogen-bond donors (Lipinski definition) is 2. The van der Waals surface area contributed by atoms with E-state index >= 15 is 0 Å². The SMILES string of the molecule is CS(=O)(=O)c1ccc(N2CC(CN3CCN(c4ccc5c(c4)C(=O)N(C4CCC(=O)NC4=O)C5=O)CC3)C2)c2c1[C@H](O)C(F)C2. The number of amides is 4. The molecule has 45 heavy (non-hydrogen) atoms. The minimum atomic E-state index is -3.60. The van der Waals surface area contributed by atoms with Crippen molar-refractivity contribution >= 4 is 44.8 Å². The number of halogens is 1. The molecular weight excluding hydrogens is 605 g/mol.